The van der Waals surface area contributed by atoms with E-state index in [0.29, 0.717) is 30.5 Å². The number of amides is 5. The number of fused-ring (bicyclic) bond motifs is 15. The van der Waals surface area contributed by atoms with Crippen LogP contribution in [-0.4, -0.2) is 181 Å². The lowest BCUT2D eigenvalue weighted by Gasteiger charge is -2.38. The fourth-order valence-electron chi connectivity index (χ4n) is 9.05. The first-order valence-corrected chi connectivity index (χ1v) is 26.1. The molecule has 4 aliphatic rings. The van der Waals surface area contributed by atoms with Gasteiger partial charge in [0.2, 0.25) is 23.6 Å². The lowest BCUT2D eigenvalue weighted by atomic mass is 9.90. The number of hydrogen-bond donors (Lipinski definition) is 15. The van der Waals surface area contributed by atoms with Crippen molar-refractivity contribution in [3.8, 4) is 5.75 Å². The second-order valence-corrected chi connectivity index (χ2v) is 20.0. The number of Topliss-reactive ketones (excluding diaryl/α,β-unsaturated/α-hetero) is 1. The number of ketones is 1. The minimum atomic E-state index is -1.36. The van der Waals surface area contributed by atoms with E-state index in [-0.39, 0.29) is 86.7 Å². The van der Waals surface area contributed by atoms with Crippen LogP contribution in [0.4, 0.5) is 0 Å². The fraction of sp³-hybridized carbons (Fsp3) is 0.608. The number of benzene rings is 2. The third-order valence-corrected chi connectivity index (χ3v) is 13.4. The van der Waals surface area contributed by atoms with Gasteiger partial charge in [-0.15, -0.1) is 0 Å². The van der Waals surface area contributed by atoms with Crippen molar-refractivity contribution in [1.29, 1.82) is 0 Å². The Balaban J connectivity index is 1.23. The second kappa shape index (κ2) is 31.6. The Hall–Kier alpha value is -6.28. The fourth-order valence-corrected chi connectivity index (χ4v) is 9.05. The lowest BCUT2D eigenvalue weighted by molar-refractivity contribution is -0.136. The van der Waals surface area contributed by atoms with Gasteiger partial charge in [0.05, 0.1) is 5.54 Å². The first-order chi connectivity index (χ1) is 36.2. The number of nitrogens with two attached hydrogens (primary N) is 2. The Morgan fingerprint density at radius 2 is 1.20 bits per heavy atom. The summed E-state index contributed by atoms with van der Waals surface area (Å²) >= 11 is 0. The van der Waals surface area contributed by atoms with E-state index in [2.05, 4.69) is 75.7 Å². The molecule has 0 spiro atoms. The maximum Gasteiger partial charge on any atom is 0.293 e. The molecule has 2 bridgehead atoms. The van der Waals surface area contributed by atoms with Gasteiger partial charge in [0, 0.05) is 128 Å². The number of ether oxygens (including phenoxy) is 1. The molecule has 24 nitrogen and oxygen atoms in total. The van der Waals surface area contributed by atoms with Gasteiger partial charge < -0.3 is 85.1 Å². The Morgan fingerprint density at radius 3 is 1.79 bits per heavy atom. The van der Waals surface area contributed by atoms with Crippen LogP contribution in [0.1, 0.15) is 73.4 Å². The molecule has 6 rings (SSSR count). The molecule has 24 heteroatoms. The SMILES string of the molecule is CC12CNCCNCC(NCc3ccc(C(=O)NCCCC[C@H]4NC(=O)[C@@H](CCCN=C(N)N)NC(=O)CCC(=O)[C@@H](COC=O)NC(=O)[C@H](Cc5ccc(O)cc5)NC4=O)cc3)(CNCCNC1)CNCCNC2. The van der Waals surface area contributed by atoms with E-state index in [1.165, 1.54) is 12.1 Å². The summed E-state index contributed by atoms with van der Waals surface area (Å²) < 4.78 is 4.84. The van der Waals surface area contributed by atoms with Crippen LogP contribution >= 0.6 is 0 Å². The summed E-state index contributed by atoms with van der Waals surface area (Å²) in [6.07, 6.45) is 0.322. The van der Waals surface area contributed by atoms with Crippen molar-refractivity contribution in [3.63, 3.8) is 0 Å². The molecular weight excluding hydrogens is 967 g/mol. The third-order valence-electron chi connectivity index (χ3n) is 13.4. The highest BCUT2D eigenvalue weighted by Crippen LogP contribution is 2.16. The van der Waals surface area contributed by atoms with E-state index in [1.807, 2.05) is 12.1 Å². The van der Waals surface area contributed by atoms with Gasteiger partial charge in [0.1, 0.15) is 36.5 Å². The molecule has 0 aromatic heterocycles. The van der Waals surface area contributed by atoms with E-state index in [4.69, 9.17) is 16.2 Å². The minimum absolute atomic E-state index is 0.0230. The van der Waals surface area contributed by atoms with Crippen LogP contribution in [0.15, 0.2) is 53.5 Å². The first-order valence-electron chi connectivity index (χ1n) is 26.1. The molecule has 4 fully saturated rings. The number of carbonyl (C=O) groups excluding carboxylic acids is 7. The van der Waals surface area contributed by atoms with Crippen molar-refractivity contribution in [2.24, 2.45) is 21.9 Å². The molecule has 4 atom stereocenters. The highest BCUT2D eigenvalue weighted by Gasteiger charge is 2.34. The van der Waals surface area contributed by atoms with E-state index >= 15 is 0 Å². The molecule has 0 saturated carbocycles. The number of carbonyl (C=O) groups is 7. The number of nitrogens with zero attached hydrogens (tertiary/aromatic N) is 1. The van der Waals surface area contributed by atoms with E-state index in [9.17, 15) is 38.7 Å². The molecule has 414 valence electrons. The molecule has 2 aromatic carbocycles. The van der Waals surface area contributed by atoms with Gasteiger partial charge in [-0.3, -0.25) is 38.6 Å². The summed E-state index contributed by atoms with van der Waals surface area (Å²) in [5.41, 5.74) is 12.8. The number of aromatic hydroxyl groups is 1. The number of phenols is 1. The van der Waals surface area contributed by atoms with Crippen LogP contribution in [0.25, 0.3) is 0 Å². The smallest absolute Gasteiger partial charge is 0.293 e. The van der Waals surface area contributed by atoms with Crippen molar-refractivity contribution < 1.29 is 43.4 Å². The average molecular weight is 1050 g/mol. The quantitative estimate of drug-likeness (QED) is 0.0298. The summed E-state index contributed by atoms with van der Waals surface area (Å²) in [6.45, 7) is 12.9. The predicted octanol–water partition coefficient (Wildman–Crippen LogP) is -3.54. The summed E-state index contributed by atoms with van der Waals surface area (Å²) in [6, 6.07) is 8.35. The number of aliphatic imine (C=N–C) groups is 1. The molecular formula is C51H81N15O9. The molecule has 4 heterocycles. The van der Waals surface area contributed by atoms with Crippen LogP contribution in [0.3, 0.4) is 0 Å². The monoisotopic (exact) mass is 1050 g/mol. The first kappa shape index (κ1) is 59.6. The minimum Gasteiger partial charge on any atom is -0.508 e. The van der Waals surface area contributed by atoms with Crippen LogP contribution in [-0.2, 0) is 46.5 Å². The summed E-state index contributed by atoms with van der Waals surface area (Å²) in [7, 11) is 0. The molecule has 0 radical (unpaired) electrons. The van der Waals surface area contributed by atoms with Gasteiger partial charge in [-0.25, -0.2) is 0 Å². The van der Waals surface area contributed by atoms with Crippen LogP contribution in [0, 0.1) is 5.41 Å². The molecule has 4 aliphatic heterocycles. The highest BCUT2D eigenvalue weighted by atomic mass is 16.5. The van der Waals surface area contributed by atoms with E-state index in [0.717, 1.165) is 84.1 Å². The normalized spacial score (nSPS) is 25.3. The predicted molar refractivity (Wildman–Crippen MR) is 283 cm³/mol. The number of unbranched alkanes of at least 4 members (excludes halogenated alkanes) is 1. The Bertz CT molecular complexity index is 2140. The van der Waals surface area contributed by atoms with Gasteiger partial charge in [-0.05, 0) is 67.5 Å². The number of nitrogens with one attached hydrogen (secondary N) is 12. The summed E-state index contributed by atoms with van der Waals surface area (Å²) in [5, 5.41) is 49.3. The maximum absolute atomic E-state index is 14.2. The van der Waals surface area contributed by atoms with Crippen molar-refractivity contribution >= 4 is 47.8 Å². The molecule has 0 unspecified atom stereocenters. The molecule has 17 N–H and O–H groups in total. The lowest BCUT2D eigenvalue weighted by Crippen LogP contribution is -2.64. The van der Waals surface area contributed by atoms with E-state index < -0.39 is 60.2 Å². The molecule has 75 heavy (non-hydrogen) atoms. The summed E-state index contributed by atoms with van der Waals surface area (Å²) in [4.78, 5) is 97.1. The Kier molecular flexibility index (Phi) is 25.1. The van der Waals surface area contributed by atoms with Gasteiger partial charge in [0.15, 0.2) is 11.7 Å². The number of phenolic OH excluding ortho intramolecular Hbond substituents is 1. The molecule has 4 saturated heterocycles. The number of hydrogen-bond acceptors (Lipinski definition) is 17. The standard InChI is InChI=1S/C51H81N15O9/c1-50-28-54-19-22-57-31-51(32-58-23-20-55-29-50,33-59-24-21-56-30-50)62-26-36-7-11-37(12-8-36)45(71)60-17-3-2-5-40-47(73)65-41(25-35-9-13-38(68)14-10-35)48(74)66-42(27-75-34-67)43(69)15-16-44(70)63-39(46(72)64-40)6-4-18-61-49(52)53/h7-14,34,39-42,54-59,62,68H,2-6,15-33H2,1H3,(H,60,71)(H,63,70)(H,64,72)(H,65,73)(H,66,74)(H4,52,53,61)/t39-,40-,41+,42-,50?,51?/m1/s1. The van der Waals surface area contributed by atoms with Gasteiger partial charge >= 0.3 is 0 Å². The second-order valence-electron chi connectivity index (χ2n) is 20.0. The van der Waals surface area contributed by atoms with Crippen LogP contribution < -0.4 is 75.3 Å². The number of guanidine groups is 1. The van der Waals surface area contributed by atoms with Gasteiger partial charge in [-0.1, -0.05) is 31.2 Å². The van der Waals surface area contributed by atoms with E-state index in [1.54, 1.807) is 24.3 Å². The third kappa shape index (κ3) is 21.5. The molecule has 2 aromatic rings. The Labute approximate surface area is 439 Å². The number of rotatable bonds is 18. The zero-order chi connectivity index (χ0) is 53.9. The largest absolute Gasteiger partial charge is 0.508 e. The topological polar surface area (TPSA) is 358 Å². The van der Waals surface area contributed by atoms with Crippen LogP contribution in [0.2, 0.25) is 0 Å². The van der Waals surface area contributed by atoms with Crippen molar-refractivity contribution in [2.45, 2.75) is 94.5 Å². The summed E-state index contributed by atoms with van der Waals surface area (Å²) in [5.74, 6) is -3.97. The highest BCUT2D eigenvalue weighted by molar-refractivity contribution is 5.97. The molecule has 5 amide bonds. The maximum atomic E-state index is 14.2. The molecule has 0 aliphatic carbocycles. The van der Waals surface area contributed by atoms with Crippen molar-refractivity contribution in [3.05, 3.63) is 65.2 Å². The van der Waals surface area contributed by atoms with Crippen molar-refractivity contribution in [2.75, 3.05) is 98.2 Å². The zero-order valence-electron chi connectivity index (χ0n) is 43.3. The zero-order valence-corrected chi connectivity index (χ0v) is 43.3. The van der Waals surface area contributed by atoms with Gasteiger partial charge in [-0.2, -0.15) is 0 Å². The van der Waals surface area contributed by atoms with Gasteiger partial charge in [0.25, 0.3) is 12.4 Å². The average Bonchev–Trinajstić information content (AvgIpc) is 3.39. The Morgan fingerprint density at radius 1 is 0.680 bits per heavy atom. The van der Waals surface area contributed by atoms with Crippen molar-refractivity contribution in [1.82, 2.24) is 63.8 Å². The van der Waals surface area contributed by atoms with Crippen LogP contribution in [0.5, 0.6) is 5.75 Å².